The Bertz CT molecular complexity index is 1020. The maximum atomic E-state index is 13.4. The van der Waals surface area contributed by atoms with Crippen molar-refractivity contribution in [3.05, 3.63) is 65.2 Å². The fourth-order valence-corrected chi connectivity index (χ4v) is 4.96. The summed E-state index contributed by atoms with van der Waals surface area (Å²) >= 11 is 0. The van der Waals surface area contributed by atoms with Gasteiger partial charge in [-0.3, -0.25) is 9.69 Å². The Morgan fingerprint density at radius 2 is 1.62 bits per heavy atom. The number of morpholine rings is 1. The smallest absolute Gasteiger partial charge is 0.326 e. The van der Waals surface area contributed by atoms with Crippen LogP contribution in [0, 0.1) is 18.8 Å². The third-order valence-corrected chi connectivity index (χ3v) is 7.43. The van der Waals surface area contributed by atoms with Crippen LogP contribution in [0.4, 0.5) is 0 Å². The van der Waals surface area contributed by atoms with Crippen LogP contribution in [-0.4, -0.2) is 70.3 Å². The van der Waals surface area contributed by atoms with Gasteiger partial charge in [0.05, 0.1) is 19.8 Å². The molecule has 1 saturated heterocycles. The summed E-state index contributed by atoms with van der Waals surface area (Å²) in [5.74, 6) is 4.97. The minimum atomic E-state index is -3.74. The lowest BCUT2D eigenvalue weighted by Gasteiger charge is -2.29. The lowest BCUT2D eigenvalue weighted by atomic mass is 10.1. The summed E-state index contributed by atoms with van der Waals surface area (Å²) in [6, 6.07) is 13.2. The average Bonchev–Trinajstić information content (AvgIpc) is 2.79. The molecule has 1 aliphatic heterocycles. The van der Waals surface area contributed by atoms with Gasteiger partial charge in [0.15, 0.2) is 6.04 Å². The van der Waals surface area contributed by atoms with E-state index in [1.165, 1.54) is 19.1 Å². The Hall–Kier alpha value is -2.54. The molecule has 0 amide bonds. The van der Waals surface area contributed by atoms with E-state index in [0.717, 1.165) is 28.5 Å². The van der Waals surface area contributed by atoms with Crippen LogP contribution in [0.2, 0.25) is 0 Å². The number of ether oxygens (including phenoxy) is 1. The molecule has 0 aromatic heterocycles. The van der Waals surface area contributed by atoms with Crippen molar-refractivity contribution in [2.24, 2.45) is 0 Å². The average molecular weight is 458 g/mol. The van der Waals surface area contributed by atoms with Crippen molar-refractivity contribution >= 4 is 16.4 Å². The highest BCUT2D eigenvalue weighted by molar-refractivity contribution is 7.95. The van der Waals surface area contributed by atoms with Crippen LogP contribution in [0.3, 0.4) is 0 Å². The molecule has 0 spiro atoms. The molecule has 0 saturated carbocycles. The number of aryl methyl sites for hydroxylation is 1. The molecule has 0 aliphatic carbocycles. The summed E-state index contributed by atoms with van der Waals surface area (Å²) in [5.41, 5.74) is 2.75. The van der Waals surface area contributed by atoms with Crippen LogP contribution < -0.4 is 0 Å². The number of hydrogen-bond acceptors (Lipinski definition) is 4. The number of nitrogens with zero attached hydrogens (tertiary/aromatic N) is 2. The lowest BCUT2D eigenvalue weighted by Crippen LogP contribution is -2.50. The van der Waals surface area contributed by atoms with E-state index in [2.05, 4.69) is 16.7 Å². The highest BCUT2D eigenvalue weighted by Gasteiger charge is 2.44. The molecule has 1 unspecified atom stereocenters. The molecule has 2 atom stereocenters. The van der Waals surface area contributed by atoms with Crippen molar-refractivity contribution in [1.29, 1.82) is 0 Å². The Morgan fingerprint density at radius 3 is 2.16 bits per heavy atom. The van der Waals surface area contributed by atoms with Gasteiger partial charge in [-0.2, -0.15) is 4.55 Å². The Kier molecular flexibility index (Phi) is 8.18. The molecule has 2 aromatic carbocycles. The number of carboxylic acid groups (broad SMARTS) is 1. The summed E-state index contributed by atoms with van der Waals surface area (Å²) in [6.07, 6.45) is 0. The summed E-state index contributed by atoms with van der Waals surface area (Å²) in [5, 5.41) is 9.51. The summed E-state index contributed by atoms with van der Waals surface area (Å²) in [4.78, 5) is 13.9. The topological polar surface area (TPSA) is 90.3 Å². The van der Waals surface area contributed by atoms with Crippen LogP contribution in [-0.2, 0) is 24.1 Å². The number of rotatable bonds is 7. The first-order chi connectivity index (χ1) is 15.3. The molecule has 0 radical (unpaired) electrons. The molecule has 170 valence electrons. The molecular formula is C24H29N2O5S+. The quantitative estimate of drug-likeness (QED) is 0.491. The SMILES string of the molecule is Cc1ccc(C#Cc2ccc([S+](=O)(O)N(CCN3CCOCC3)[C@H](C)C(=O)O)cc2)cc1. The van der Waals surface area contributed by atoms with Gasteiger partial charge in [0.2, 0.25) is 4.90 Å². The zero-order valence-corrected chi connectivity index (χ0v) is 19.2. The Morgan fingerprint density at radius 1 is 1.09 bits per heavy atom. The fraction of sp³-hybridized carbons (Fsp3) is 0.375. The van der Waals surface area contributed by atoms with Crippen LogP contribution in [0.25, 0.3) is 0 Å². The van der Waals surface area contributed by atoms with Gasteiger partial charge in [-0.25, -0.2) is 0 Å². The summed E-state index contributed by atoms with van der Waals surface area (Å²) in [6.45, 7) is 6.72. The van der Waals surface area contributed by atoms with Crippen molar-refractivity contribution in [1.82, 2.24) is 9.21 Å². The standard InChI is InChI=1S/C24H28N2O5S/c1-19-3-5-21(6-4-19)7-8-22-9-11-23(12-10-22)32(29,30)26(20(2)24(27)28)14-13-25-15-17-31-18-16-25/h3-6,9-12,20H,13-18H2,1-2H3,(H-,27,28,29,30)/p+1/t20-/m1/s1. The monoisotopic (exact) mass is 457 g/mol. The number of hydrogen-bond donors (Lipinski definition) is 2. The molecule has 2 aromatic rings. The second kappa shape index (κ2) is 10.9. The van der Waals surface area contributed by atoms with E-state index in [4.69, 9.17) is 4.74 Å². The minimum Gasteiger partial charge on any atom is -0.480 e. The number of carbonyl (C=O) groups is 1. The number of benzene rings is 2. The highest BCUT2D eigenvalue weighted by atomic mass is 32.3. The molecular weight excluding hydrogens is 428 g/mol. The molecule has 7 nitrogen and oxygen atoms in total. The van der Waals surface area contributed by atoms with Crippen molar-refractivity contribution in [3.8, 4) is 11.8 Å². The molecule has 2 N–H and O–H groups in total. The third kappa shape index (κ3) is 6.25. The van der Waals surface area contributed by atoms with Gasteiger partial charge in [-0.15, -0.1) is 0 Å². The molecule has 3 rings (SSSR count). The van der Waals surface area contributed by atoms with Gasteiger partial charge in [0.1, 0.15) is 0 Å². The second-order valence-corrected chi connectivity index (χ2v) is 9.68. The van der Waals surface area contributed by atoms with E-state index < -0.39 is 22.4 Å². The van der Waals surface area contributed by atoms with Gasteiger partial charge in [0.25, 0.3) is 0 Å². The first-order valence-corrected chi connectivity index (χ1v) is 12.0. The minimum absolute atomic E-state index is 0.151. The van der Waals surface area contributed by atoms with Gasteiger partial charge >= 0.3 is 16.4 Å². The molecule has 8 heteroatoms. The maximum absolute atomic E-state index is 13.4. The van der Waals surface area contributed by atoms with E-state index in [0.29, 0.717) is 25.3 Å². The maximum Gasteiger partial charge on any atom is 0.326 e. The molecule has 1 fully saturated rings. The van der Waals surface area contributed by atoms with E-state index in [1.54, 1.807) is 12.1 Å². The second-order valence-electron chi connectivity index (χ2n) is 7.75. The van der Waals surface area contributed by atoms with E-state index >= 15 is 0 Å². The highest BCUT2D eigenvalue weighted by Crippen LogP contribution is 2.24. The molecule has 32 heavy (non-hydrogen) atoms. The zero-order valence-electron chi connectivity index (χ0n) is 18.4. The van der Waals surface area contributed by atoms with Crippen LogP contribution in [0.15, 0.2) is 53.4 Å². The largest absolute Gasteiger partial charge is 0.480 e. The van der Waals surface area contributed by atoms with E-state index in [1.807, 2.05) is 31.2 Å². The predicted octanol–water partition coefficient (Wildman–Crippen LogP) is 2.75. The third-order valence-electron chi connectivity index (χ3n) is 5.41. The van der Waals surface area contributed by atoms with Gasteiger partial charge in [-0.05, 0) is 54.5 Å². The van der Waals surface area contributed by atoms with Crippen LogP contribution in [0.1, 0.15) is 23.6 Å². The van der Waals surface area contributed by atoms with Crippen molar-refractivity contribution in [2.45, 2.75) is 24.8 Å². The Balaban J connectivity index is 1.76. The lowest BCUT2D eigenvalue weighted by molar-refractivity contribution is -0.141. The normalized spacial score (nSPS) is 17.2. The molecule has 1 aliphatic rings. The molecule has 0 bridgehead atoms. The van der Waals surface area contributed by atoms with E-state index in [-0.39, 0.29) is 11.4 Å². The molecule has 1 heterocycles. The first kappa shape index (κ1) is 24.1. The van der Waals surface area contributed by atoms with Gasteiger partial charge in [0, 0.05) is 30.8 Å². The number of aliphatic carboxylic acids is 1. The van der Waals surface area contributed by atoms with Gasteiger partial charge in [-0.1, -0.05) is 33.8 Å². The van der Waals surface area contributed by atoms with Gasteiger partial charge < -0.3 is 9.84 Å². The van der Waals surface area contributed by atoms with Crippen LogP contribution >= 0.6 is 0 Å². The number of carboxylic acids is 1. The summed E-state index contributed by atoms with van der Waals surface area (Å²) in [7, 11) is -3.74. The van der Waals surface area contributed by atoms with Crippen molar-refractivity contribution in [2.75, 3.05) is 39.4 Å². The van der Waals surface area contributed by atoms with E-state index in [9.17, 15) is 18.7 Å². The van der Waals surface area contributed by atoms with Crippen LogP contribution in [0.5, 0.6) is 0 Å². The predicted molar refractivity (Wildman–Crippen MR) is 124 cm³/mol. The fourth-order valence-electron chi connectivity index (χ4n) is 3.35. The van der Waals surface area contributed by atoms with Crippen molar-refractivity contribution in [3.63, 3.8) is 0 Å². The Labute approximate surface area is 190 Å². The zero-order chi connectivity index (χ0) is 23.1. The summed E-state index contributed by atoms with van der Waals surface area (Å²) < 4.78 is 30.8. The first-order valence-electron chi connectivity index (χ1n) is 10.5. The van der Waals surface area contributed by atoms with Crippen molar-refractivity contribution < 1.29 is 23.4 Å².